The number of hydrogen-bond donors (Lipinski definition) is 1. The molecule has 2 nitrogen and oxygen atoms in total. The SMILES string of the molecule is CCOCCSC(C)CCO. The van der Waals surface area contributed by atoms with Crippen molar-refractivity contribution in [2.45, 2.75) is 25.5 Å². The second-order valence-electron chi connectivity index (χ2n) is 2.39. The van der Waals surface area contributed by atoms with Crippen molar-refractivity contribution in [2.24, 2.45) is 0 Å². The second kappa shape index (κ2) is 8.37. The molecule has 0 aliphatic heterocycles. The van der Waals surface area contributed by atoms with Gasteiger partial charge in [0.05, 0.1) is 6.61 Å². The van der Waals surface area contributed by atoms with Crippen LogP contribution in [0.4, 0.5) is 0 Å². The number of rotatable bonds is 7. The third-order valence-corrected chi connectivity index (χ3v) is 2.58. The minimum atomic E-state index is 0.294. The van der Waals surface area contributed by atoms with E-state index in [4.69, 9.17) is 9.84 Å². The lowest BCUT2D eigenvalue weighted by Gasteiger charge is -2.08. The number of ether oxygens (including phenoxy) is 1. The molecule has 0 amide bonds. The molecule has 0 aromatic carbocycles. The summed E-state index contributed by atoms with van der Waals surface area (Å²) in [6.45, 7) is 6.06. The van der Waals surface area contributed by atoms with Crippen LogP contribution in [0.25, 0.3) is 0 Å². The average molecular weight is 178 g/mol. The van der Waals surface area contributed by atoms with Crippen molar-refractivity contribution >= 4 is 11.8 Å². The zero-order valence-corrected chi connectivity index (χ0v) is 8.19. The highest BCUT2D eigenvalue weighted by atomic mass is 32.2. The minimum absolute atomic E-state index is 0.294. The Hall–Kier alpha value is 0.270. The maximum Gasteiger partial charge on any atom is 0.0556 e. The van der Waals surface area contributed by atoms with E-state index in [9.17, 15) is 0 Å². The van der Waals surface area contributed by atoms with Gasteiger partial charge in [-0.2, -0.15) is 11.8 Å². The lowest BCUT2D eigenvalue weighted by Crippen LogP contribution is -2.04. The first-order chi connectivity index (χ1) is 5.31. The largest absolute Gasteiger partial charge is 0.396 e. The summed E-state index contributed by atoms with van der Waals surface area (Å²) in [5.41, 5.74) is 0. The van der Waals surface area contributed by atoms with Crippen LogP contribution < -0.4 is 0 Å². The fourth-order valence-corrected chi connectivity index (χ4v) is 1.61. The Kier molecular flexibility index (Phi) is 8.57. The molecule has 11 heavy (non-hydrogen) atoms. The fraction of sp³-hybridized carbons (Fsp3) is 1.00. The summed E-state index contributed by atoms with van der Waals surface area (Å²) in [7, 11) is 0. The van der Waals surface area contributed by atoms with Crippen molar-refractivity contribution in [3.63, 3.8) is 0 Å². The molecule has 1 N–H and O–H groups in total. The maximum absolute atomic E-state index is 8.59. The van der Waals surface area contributed by atoms with Gasteiger partial charge in [0.2, 0.25) is 0 Å². The molecule has 68 valence electrons. The van der Waals surface area contributed by atoms with E-state index in [-0.39, 0.29) is 0 Å². The van der Waals surface area contributed by atoms with E-state index in [0.29, 0.717) is 11.9 Å². The molecular weight excluding hydrogens is 160 g/mol. The molecule has 0 radical (unpaired) electrons. The van der Waals surface area contributed by atoms with Gasteiger partial charge in [0.25, 0.3) is 0 Å². The summed E-state index contributed by atoms with van der Waals surface area (Å²) in [5, 5.41) is 9.15. The van der Waals surface area contributed by atoms with Crippen LogP contribution in [0.5, 0.6) is 0 Å². The highest BCUT2D eigenvalue weighted by molar-refractivity contribution is 7.99. The van der Waals surface area contributed by atoms with Gasteiger partial charge in [-0.25, -0.2) is 0 Å². The van der Waals surface area contributed by atoms with Gasteiger partial charge in [0.1, 0.15) is 0 Å². The summed E-state index contributed by atoms with van der Waals surface area (Å²) in [6.07, 6.45) is 0.886. The topological polar surface area (TPSA) is 29.5 Å². The highest BCUT2D eigenvalue weighted by Gasteiger charge is 1.99. The first-order valence-electron chi connectivity index (χ1n) is 4.11. The van der Waals surface area contributed by atoms with E-state index in [0.717, 1.165) is 25.4 Å². The summed E-state index contributed by atoms with van der Waals surface area (Å²) >= 11 is 1.86. The number of aliphatic hydroxyl groups excluding tert-OH is 1. The van der Waals surface area contributed by atoms with Gasteiger partial charge in [0, 0.05) is 24.2 Å². The predicted molar refractivity (Wildman–Crippen MR) is 50.1 cm³/mol. The van der Waals surface area contributed by atoms with E-state index in [1.807, 2.05) is 18.7 Å². The van der Waals surface area contributed by atoms with Gasteiger partial charge in [-0.3, -0.25) is 0 Å². The number of thioether (sulfide) groups is 1. The zero-order chi connectivity index (χ0) is 8.53. The van der Waals surface area contributed by atoms with Gasteiger partial charge >= 0.3 is 0 Å². The van der Waals surface area contributed by atoms with Gasteiger partial charge < -0.3 is 9.84 Å². The van der Waals surface area contributed by atoms with Gasteiger partial charge in [-0.1, -0.05) is 6.92 Å². The Balaban J connectivity index is 2.97. The van der Waals surface area contributed by atoms with E-state index in [1.54, 1.807) is 0 Å². The molecule has 0 fully saturated rings. The minimum Gasteiger partial charge on any atom is -0.396 e. The quantitative estimate of drug-likeness (QED) is 0.599. The van der Waals surface area contributed by atoms with E-state index in [2.05, 4.69) is 6.92 Å². The van der Waals surface area contributed by atoms with Crippen LogP contribution in [0.3, 0.4) is 0 Å². The lowest BCUT2D eigenvalue weighted by atomic mass is 10.3. The molecular formula is C8H18O2S. The van der Waals surface area contributed by atoms with Crippen LogP contribution in [-0.2, 0) is 4.74 Å². The molecule has 0 bridgehead atoms. The monoisotopic (exact) mass is 178 g/mol. The molecule has 0 saturated heterocycles. The Labute approximate surface area is 73.3 Å². The molecule has 0 aliphatic carbocycles. The van der Waals surface area contributed by atoms with Crippen LogP contribution in [0, 0.1) is 0 Å². The summed E-state index contributed by atoms with van der Waals surface area (Å²) < 4.78 is 5.18. The standard InChI is InChI=1S/C8H18O2S/c1-3-10-6-7-11-8(2)4-5-9/h8-9H,3-7H2,1-2H3. The van der Waals surface area contributed by atoms with Crippen molar-refractivity contribution < 1.29 is 9.84 Å². The number of hydrogen-bond acceptors (Lipinski definition) is 3. The summed E-state index contributed by atoms with van der Waals surface area (Å²) in [4.78, 5) is 0. The third kappa shape index (κ3) is 8.17. The van der Waals surface area contributed by atoms with E-state index >= 15 is 0 Å². The Morgan fingerprint density at radius 2 is 2.27 bits per heavy atom. The zero-order valence-electron chi connectivity index (χ0n) is 7.38. The Morgan fingerprint density at radius 1 is 1.55 bits per heavy atom. The molecule has 0 saturated carbocycles. The van der Waals surface area contributed by atoms with Crippen LogP contribution in [0.2, 0.25) is 0 Å². The van der Waals surface area contributed by atoms with Crippen molar-refractivity contribution in [3.8, 4) is 0 Å². The van der Waals surface area contributed by atoms with Crippen molar-refractivity contribution in [2.75, 3.05) is 25.6 Å². The molecule has 0 aliphatic rings. The fourth-order valence-electron chi connectivity index (χ4n) is 0.718. The second-order valence-corrected chi connectivity index (χ2v) is 3.94. The van der Waals surface area contributed by atoms with Gasteiger partial charge in [-0.05, 0) is 13.3 Å². The molecule has 1 unspecified atom stereocenters. The highest BCUT2D eigenvalue weighted by Crippen LogP contribution is 2.12. The molecule has 0 spiro atoms. The molecule has 0 aromatic heterocycles. The maximum atomic E-state index is 8.59. The third-order valence-electron chi connectivity index (χ3n) is 1.37. The summed E-state index contributed by atoms with van der Waals surface area (Å²) in [5.74, 6) is 1.04. The summed E-state index contributed by atoms with van der Waals surface area (Å²) in [6, 6.07) is 0. The predicted octanol–water partition coefficient (Wildman–Crippen LogP) is 1.53. The Bertz CT molecular complexity index is 78.5. The first kappa shape index (κ1) is 11.3. The molecule has 0 heterocycles. The van der Waals surface area contributed by atoms with Gasteiger partial charge in [-0.15, -0.1) is 0 Å². The smallest absolute Gasteiger partial charge is 0.0556 e. The molecule has 1 atom stereocenters. The number of aliphatic hydroxyl groups is 1. The van der Waals surface area contributed by atoms with Crippen molar-refractivity contribution in [1.29, 1.82) is 0 Å². The molecule has 3 heteroatoms. The molecule has 0 aromatic rings. The average Bonchev–Trinajstić information content (AvgIpc) is 1.99. The van der Waals surface area contributed by atoms with Crippen LogP contribution >= 0.6 is 11.8 Å². The van der Waals surface area contributed by atoms with Crippen molar-refractivity contribution in [3.05, 3.63) is 0 Å². The van der Waals surface area contributed by atoms with Crippen LogP contribution in [0.15, 0.2) is 0 Å². The first-order valence-corrected chi connectivity index (χ1v) is 5.16. The Morgan fingerprint density at radius 3 is 2.82 bits per heavy atom. The van der Waals surface area contributed by atoms with E-state index in [1.165, 1.54) is 0 Å². The van der Waals surface area contributed by atoms with Crippen molar-refractivity contribution in [1.82, 2.24) is 0 Å². The van der Waals surface area contributed by atoms with Crippen LogP contribution in [-0.4, -0.2) is 35.9 Å². The van der Waals surface area contributed by atoms with Gasteiger partial charge in [0.15, 0.2) is 0 Å². The van der Waals surface area contributed by atoms with E-state index < -0.39 is 0 Å². The lowest BCUT2D eigenvalue weighted by molar-refractivity contribution is 0.164. The van der Waals surface area contributed by atoms with Crippen LogP contribution in [0.1, 0.15) is 20.3 Å². The molecule has 0 rings (SSSR count). The normalized spacial score (nSPS) is 13.4.